The number of rotatable bonds is 0. The SMILES string of the molecule is Cc1c(N)ccc(O)c1C.Nc1ccc(O)c(Cl)c1. The molecular formula is C14H17ClN2O2. The molecule has 0 heterocycles. The molecule has 0 saturated carbocycles. The van der Waals surface area contributed by atoms with Gasteiger partial charge in [0.05, 0.1) is 5.02 Å². The highest BCUT2D eigenvalue weighted by Crippen LogP contribution is 2.24. The summed E-state index contributed by atoms with van der Waals surface area (Å²) in [5, 5.41) is 18.3. The van der Waals surface area contributed by atoms with Crippen LogP contribution in [0.5, 0.6) is 11.5 Å². The first kappa shape index (κ1) is 15.0. The fourth-order valence-electron chi connectivity index (χ4n) is 1.35. The maximum absolute atomic E-state index is 9.17. The molecule has 0 bridgehead atoms. The second kappa shape index (κ2) is 6.20. The smallest absolute Gasteiger partial charge is 0.134 e. The highest BCUT2D eigenvalue weighted by atomic mass is 35.5. The van der Waals surface area contributed by atoms with Crippen LogP contribution in [0.4, 0.5) is 11.4 Å². The number of nitrogens with two attached hydrogens (primary N) is 2. The number of hydrogen-bond donors (Lipinski definition) is 4. The molecular weight excluding hydrogens is 264 g/mol. The van der Waals surface area contributed by atoms with Gasteiger partial charge in [-0.25, -0.2) is 0 Å². The summed E-state index contributed by atoms with van der Waals surface area (Å²) in [6, 6.07) is 7.85. The first-order valence-electron chi connectivity index (χ1n) is 5.61. The largest absolute Gasteiger partial charge is 0.508 e. The Hall–Kier alpha value is -2.07. The molecule has 0 atom stereocenters. The Kier molecular flexibility index (Phi) is 4.89. The number of aromatic hydroxyl groups is 2. The molecule has 5 heteroatoms. The summed E-state index contributed by atoms with van der Waals surface area (Å²) in [6.07, 6.45) is 0. The van der Waals surface area contributed by atoms with Gasteiger partial charge in [0.15, 0.2) is 0 Å². The quantitative estimate of drug-likeness (QED) is 0.440. The predicted octanol–water partition coefficient (Wildman–Crippen LogP) is 3.22. The third kappa shape index (κ3) is 3.96. The zero-order valence-corrected chi connectivity index (χ0v) is 11.6. The van der Waals surface area contributed by atoms with Crippen LogP contribution in [-0.2, 0) is 0 Å². The van der Waals surface area contributed by atoms with Crippen molar-refractivity contribution in [1.29, 1.82) is 0 Å². The fraction of sp³-hybridized carbons (Fsp3) is 0.143. The monoisotopic (exact) mass is 280 g/mol. The van der Waals surface area contributed by atoms with E-state index in [1.54, 1.807) is 18.2 Å². The van der Waals surface area contributed by atoms with E-state index in [9.17, 15) is 0 Å². The summed E-state index contributed by atoms with van der Waals surface area (Å²) in [4.78, 5) is 0. The average molecular weight is 281 g/mol. The van der Waals surface area contributed by atoms with Crippen LogP contribution in [0, 0.1) is 13.8 Å². The van der Waals surface area contributed by atoms with E-state index in [0.717, 1.165) is 16.8 Å². The zero-order valence-electron chi connectivity index (χ0n) is 10.8. The van der Waals surface area contributed by atoms with E-state index >= 15 is 0 Å². The standard InChI is InChI=1S/C8H11NO.C6H6ClNO/c1-5-6(2)8(10)4-3-7(5)9;7-5-3-4(8)1-2-6(5)9/h3-4,10H,9H2,1-2H3;1-3,9H,8H2. The molecule has 0 aliphatic heterocycles. The Morgan fingerprint density at radius 1 is 0.895 bits per heavy atom. The van der Waals surface area contributed by atoms with Gasteiger partial charge in [-0.05, 0) is 55.3 Å². The Labute approximate surface area is 117 Å². The van der Waals surface area contributed by atoms with E-state index in [-0.39, 0.29) is 10.8 Å². The number of phenols is 2. The highest BCUT2D eigenvalue weighted by molar-refractivity contribution is 6.32. The first-order chi connectivity index (χ1) is 8.82. The molecule has 0 aliphatic carbocycles. The van der Waals surface area contributed by atoms with Crippen molar-refractivity contribution in [2.45, 2.75) is 13.8 Å². The first-order valence-corrected chi connectivity index (χ1v) is 5.99. The van der Waals surface area contributed by atoms with Crippen molar-refractivity contribution in [3.05, 3.63) is 46.5 Å². The van der Waals surface area contributed by atoms with Crippen LogP contribution in [0.25, 0.3) is 0 Å². The number of phenolic OH excluding ortho intramolecular Hbond substituents is 2. The molecule has 0 aliphatic rings. The van der Waals surface area contributed by atoms with Crippen molar-refractivity contribution in [1.82, 2.24) is 0 Å². The molecule has 6 N–H and O–H groups in total. The molecule has 4 nitrogen and oxygen atoms in total. The Balaban J connectivity index is 0.000000191. The second-order valence-corrected chi connectivity index (χ2v) is 4.54. The molecule has 0 spiro atoms. The number of anilines is 2. The summed E-state index contributed by atoms with van der Waals surface area (Å²) < 4.78 is 0. The summed E-state index contributed by atoms with van der Waals surface area (Å²) >= 11 is 5.48. The van der Waals surface area contributed by atoms with E-state index in [2.05, 4.69) is 0 Å². The van der Waals surface area contributed by atoms with Crippen LogP contribution >= 0.6 is 11.6 Å². The minimum atomic E-state index is 0.0610. The molecule has 102 valence electrons. The third-order valence-corrected chi connectivity index (χ3v) is 3.07. The number of halogens is 1. The Bertz CT molecular complexity index is 559. The summed E-state index contributed by atoms with van der Waals surface area (Å²) in [6.45, 7) is 3.74. The summed E-state index contributed by atoms with van der Waals surface area (Å²) in [5.74, 6) is 0.373. The van der Waals surface area contributed by atoms with Gasteiger partial charge in [0.2, 0.25) is 0 Å². The molecule has 0 saturated heterocycles. The fourth-order valence-corrected chi connectivity index (χ4v) is 1.54. The van der Waals surface area contributed by atoms with Gasteiger partial charge in [0, 0.05) is 11.4 Å². The Morgan fingerprint density at radius 2 is 1.47 bits per heavy atom. The molecule has 0 amide bonds. The van der Waals surface area contributed by atoms with E-state index < -0.39 is 0 Å². The van der Waals surface area contributed by atoms with Crippen molar-refractivity contribution in [3.63, 3.8) is 0 Å². The second-order valence-electron chi connectivity index (χ2n) is 4.13. The van der Waals surface area contributed by atoms with Gasteiger partial charge in [-0.2, -0.15) is 0 Å². The molecule has 2 aromatic rings. The van der Waals surface area contributed by atoms with Crippen molar-refractivity contribution in [2.75, 3.05) is 11.5 Å². The van der Waals surface area contributed by atoms with Crippen LogP contribution in [0.3, 0.4) is 0 Å². The van der Waals surface area contributed by atoms with Crippen LogP contribution in [0.2, 0.25) is 5.02 Å². The van der Waals surface area contributed by atoms with Gasteiger partial charge in [-0.15, -0.1) is 0 Å². The maximum atomic E-state index is 9.17. The van der Waals surface area contributed by atoms with Gasteiger partial charge in [-0.3, -0.25) is 0 Å². The number of benzene rings is 2. The lowest BCUT2D eigenvalue weighted by Crippen LogP contribution is -1.91. The molecule has 19 heavy (non-hydrogen) atoms. The van der Waals surface area contributed by atoms with E-state index in [1.807, 2.05) is 13.8 Å². The van der Waals surface area contributed by atoms with Gasteiger partial charge in [0.1, 0.15) is 11.5 Å². The van der Waals surface area contributed by atoms with Crippen LogP contribution < -0.4 is 11.5 Å². The number of nitrogen functional groups attached to an aromatic ring is 2. The lowest BCUT2D eigenvalue weighted by molar-refractivity contribution is 0.470. The predicted molar refractivity (Wildman–Crippen MR) is 79.5 cm³/mol. The maximum Gasteiger partial charge on any atom is 0.134 e. The molecule has 0 aromatic heterocycles. The summed E-state index contributed by atoms with van der Waals surface area (Å²) in [5.41, 5.74) is 14.0. The molecule has 2 rings (SSSR count). The van der Waals surface area contributed by atoms with Crippen LogP contribution in [0.1, 0.15) is 11.1 Å². The topological polar surface area (TPSA) is 92.5 Å². The van der Waals surface area contributed by atoms with Gasteiger partial charge in [-0.1, -0.05) is 11.6 Å². The average Bonchev–Trinajstić information content (AvgIpc) is 2.37. The number of hydrogen-bond acceptors (Lipinski definition) is 4. The van der Waals surface area contributed by atoms with Crippen LogP contribution in [0.15, 0.2) is 30.3 Å². The third-order valence-electron chi connectivity index (χ3n) is 2.77. The van der Waals surface area contributed by atoms with Crippen molar-refractivity contribution < 1.29 is 10.2 Å². The van der Waals surface area contributed by atoms with Gasteiger partial charge < -0.3 is 21.7 Å². The van der Waals surface area contributed by atoms with Gasteiger partial charge in [0.25, 0.3) is 0 Å². The zero-order chi connectivity index (χ0) is 14.6. The Morgan fingerprint density at radius 3 is 1.95 bits per heavy atom. The molecule has 0 unspecified atom stereocenters. The molecule has 0 radical (unpaired) electrons. The van der Waals surface area contributed by atoms with Crippen molar-refractivity contribution in [3.8, 4) is 11.5 Å². The van der Waals surface area contributed by atoms with E-state index in [4.69, 9.17) is 33.3 Å². The minimum Gasteiger partial charge on any atom is -0.508 e. The lowest BCUT2D eigenvalue weighted by atomic mass is 10.1. The van der Waals surface area contributed by atoms with Gasteiger partial charge >= 0.3 is 0 Å². The molecule has 0 fully saturated rings. The van der Waals surface area contributed by atoms with Crippen molar-refractivity contribution >= 4 is 23.0 Å². The normalized spacial score (nSPS) is 9.63. The highest BCUT2D eigenvalue weighted by Gasteiger charge is 2.00. The molecule has 2 aromatic carbocycles. The summed E-state index contributed by atoms with van der Waals surface area (Å²) in [7, 11) is 0. The van der Waals surface area contributed by atoms with E-state index in [1.165, 1.54) is 12.1 Å². The van der Waals surface area contributed by atoms with Crippen molar-refractivity contribution in [2.24, 2.45) is 0 Å². The van der Waals surface area contributed by atoms with Crippen LogP contribution in [-0.4, -0.2) is 10.2 Å². The van der Waals surface area contributed by atoms with E-state index in [0.29, 0.717) is 11.4 Å². The lowest BCUT2D eigenvalue weighted by Gasteiger charge is -2.04. The minimum absolute atomic E-state index is 0.0610.